The van der Waals surface area contributed by atoms with Gasteiger partial charge in [0.2, 0.25) is 0 Å². The van der Waals surface area contributed by atoms with Crippen LogP contribution in [0.1, 0.15) is 18.6 Å². The highest BCUT2D eigenvalue weighted by Crippen LogP contribution is 2.24. The second-order valence-electron chi connectivity index (χ2n) is 3.14. The van der Waals surface area contributed by atoms with Gasteiger partial charge in [-0.3, -0.25) is 5.32 Å². The lowest BCUT2D eigenvalue weighted by Gasteiger charge is -2.13. The topological polar surface area (TPSA) is 21.3 Å². The maximum absolute atomic E-state index is 5.54. The maximum atomic E-state index is 5.54. The number of hydrogen-bond donors (Lipinski definition) is 1. The zero-order valence-electron chi connectivity index (χ0n) is 7.16. The molecule has 0 radical (unpaired) electrons. The molecule has 12 heavy (non-hydrogen) atoms. The average Bonchev–Trinajstić information content (AvgIpc) is 2.53. The molecule has 1 fully saturated rings. The van der Waals surface area contributed by atoms with Gasteiger partial charge >= 0.3 is 0 Å². The molecule has 1 heterocycles. The van der Waals surface area contributed by atoms with Gasteiger partial charge in [-0.05, 0) is 12.5 Å². The van der Waals surface area contributed by atoms with Crippen LogP contribution in [-0.2, 0) is 4.74 Å². The molecular weight excluding hydrogens is 150 g/mol. The standard InChI is InChI=1S/C10H13NO/c1-8-10(12-7-11-8)9-5-3-2-4-6-9/h2-6,8,10-11H,7H2,1H3/t8-,10+/m1/s1. The van der Waals surface area contributed by atoms with Gasteiger partial charge in [-0.1, -0.05) is 30.3 Å². The van der Waals surface area contributed by atoms with Crippen molar-refractivity contribution in [3.05, 3.63) is 35.9 Å². The fourth-order valence-electron chi connectivity index (χ4n) is 1.55. The van der Waals surface area contributed by atoms with E-state index in [1.807, 2.05) is 18.2 Å². The van der Waals surface area contributed by atoms with Crippen molar-refractivity contribution >= 4 is 0 Å². The molecule has 1 aromatic rings. The quantitative estimate of drug-likeness (QED) is 0.680. The van der Waals surface area contributed by atoms with E-state index < -0.39 is 0 Å². The minimum atomic E-state index is 0.228. The molecule has 2 nitrogen and oxygen atoms in total. The van der Waals surface area contributed by atoms with Crippen molar-refractivity contribution < 1.29 is 4.74 Å². The molecule has 0 amide bonds. The van der Waals surface area contributed by atoms with E-state index in [0.717, 1.165) is 0 Å². The zero-order chi connectivity index (χ0) is 8.39. The van der Waals surface area contributed by atoms with Crippen LogP contribution >= 0.6 is 0 Å². The maximum Gasteiger partial charge on any atom is 0.0993 e. The summed E-state index contributed by atoms with van der Waals surface area (Å²) in [5.74, 6) is 0. The van der Waals surface area contributed by atoms with E-state index in [0.29, 0.717) is 12.8 Å². The molecule has 2 heteroatoms. The minimum Gasteiger partial charge on any atom is -0.357 e. The molecule has 1 N–H and O–H groups in total. The fourth-order valence-corrected chi connectivity index (χ4v) is 1.55. The van der Waals surface area contributed by atoms with E-state index in [2.05, 4.69) is 24.4 Å². The Hall–Kier alpha value is -0.860. The SMILES string of the molecule is C[C@H]1NCO[C@@H]1c1ccccc1. The van der Waals surface area contributed by atoms with Gasteiger partial charge in [-0.2, -0.15) is 0 Å². The summed E-state index contributed by atoms with van der Waals surface area (Å²) in [7, 11) is 0. The smallest absolute Gasteiger partial charge is 0.0993 e. The lowest BCUT2D eigenvalue weighted by atomic mass is 10.0. The van der Waals surface area contributed by atoms with Gasteiger partial charge in [0.1, 0.15) is 0 Å². The third kappa shape index (κ3) is 1.36. The van der Waals surface area contributed by atoms with Crippen molar-refractivity contribution in [3.63, 3.8) is 0 Å². The van der Waals surface area contributed by atoms with Crippen LogP contribution in [0, 0.1) is 0 Å². The number of ether oxygens (including phenoxy) is 1. The molecule has 0 spiro atoms. The predicted molar refractivity (Wildman–Crippen MR) is 47.7 cm³/mol. The Balaban J connectivity index is 2.19. The molecule has 64 valence electrons. The summed E-state index contributed by atoms with van der Waals surface area (Å²) in [6.07, 6.45) is 0.228. The number of rotatable bonds is 1. The molecule has 0 aliphatic carbocycles. The van der Waals surface area contributed by atoms with Crippen LogP contribution in [0.2, 0.25) is 0 Å². The Morgan fingerprint density at radius 3 is 2.67 bits per heavy atom. The van der Waals surface area contributed by atoms with E-state index in [1.54, 1.807) is 0 Å². The molecule has 1 aliphatic heterocycles. The van der Waals surface area contributed by atoms with Crippen molar-refractivity contribution in [1.29, 1.82) is 0 Å². The lowest BCUT2D eigenvalue weighted by molar-refractivity contribution is 0.105. The molecule has 0 bridgehead atoms. The van der Waals surface area contributed by atoms with Gasteiger partial charge in [0.05, 0.1) is 12.8 Å². The molecule has 2 rings (SSSR count). The van der Waals surface area contributed by atoms with Gasteiger partial charge in [-0.15, -0.1) is 0 Å². The third-order valence-corrected chi connectivity index (χ3v) is 2.25. The van der Waals surface area contributed by atoms with Crippen LogP contribution in [0.4, 0.5) is 0 Å². The van der Waals surface area contributed by atoms with Crippen LogP contribution in [0.25, 0.3) is 0 Å². The predicted octanol–water partition coefficient (Wildman–Crippen LogP) is 1.69. The van der Waals surface area contributed by atoms with Gasteiger partial charge < -0.3 is 4.74 Å². The summed E-state index contributed by atoms with van der Waals surface area (Å²) in [6.45, 7) is 2.81. The Labute approximate surface area is 72.5 Å². The highest BCUT2D eigenvalue weighted by atomic mass is 16.5. The van der Waals surface area contributed by atoms with Crippen LogP contribution in [0.3, 0.4) is 0 Å². The van der Waals surface area contributed by atoms with Crippen molar-refractivity contribution in [1.82, 2.24) is 5.32 Å². The Kier molecular flexibility index (Phi) is 2.11. The van der Waals surface area contributed by atoms with Crippen LogP contribution < -0.4 is 5.32 Å². The van der Waals surface area contributed by atoms with Crippen molar-refractivity contribution in [2.24, 2.45) is 0 Å². The summed E-state index contributed by atoms with van der Waals surface area (Å²) in [5.41, 5.74) is 1.26. The second kappa shape index (κ2) is 3.25. The van der Waals surface area contributed by atoms with Gasteiger partial charge in [0.25, 0.3) is 0 Å². The van der Waals surface area contributed by atoms with E-state index in [9.17, 15) is 0 Å². The molecule has 1 aromatic carbocycles. The van der Waals surface area contributed by atoms with E-state index in [4.69, 9.17) is 4.74 Å². The molecule has 2 atom stereocenters. The first-order valence-electron chi connectivity index (χ1n) is 4.28. The summed E-state index contributed by atoms with van der Waals surface area (Å²) in [4.78, 5) is 0. The first-order chi connectivity index (χ1) is 5.88. The zero-order valence-corrected chi connectivity index (χ0v) is 7.16. The highest BCUT2D eigenvalue weighted by molar-refractivity contribution is 5.19. The van der Waals surface area contributed by atoms with Gasteiger partial charge in [0, 0.05) is 6.04 Å². The monoisotopic (exact) mass is 163 g/mol. The minimum absolute atomic E-state index is 0.228. The Bertz CT molecular complexity index is 247. The molecule has 0 saturated carbocycles. The second-order valence-corrected chi connectivity index (χ2v) is 3.14. The van der Waals surface area contributed by atoms with Crippen molar-refractivity contribution in [2.75, 3.05) is 6.73 Å². The molecular formula is C10H13NO. The average molecular weight is 163 g/mol. The van der Waals surface area contributed by atoms with Crippen LogP contribution in [-0.4, -0.2) is 12.8 Å². The van der Waals surface area contributed by atoms with Gasteiger partial charge in [0.15, 0.2) is 0 Å². The normalized spacial score (nSPS) is 29.1. The number of benzene rings is 1. The third-order valence-electron chi connectivity index (χ3n) is 2.25. The van der Waals surface area contributed by atoms with Gasteiger partial charge in [-0.25, -0.2) is 0 Å². The first-order valence-corrected chi connectivity index (χ1v) is 4.28. The fraction of sp³-hybridized carbons (Fsp3) is 0.400. The summed E-state index contributed by atoms with van der Waals surface area (Å²) < 4.78 is 5.54. The molecule has 0 aromatic heterocycles. The molecule has 1 aliphatic rings. The molecule has 0 unspecified atom stereocenters. The van der Waals surface area contributed by atoms with E-state index >= 15 is 0 Å². The highest BCUT2D eigenvalue weighted by Gasteiger charge is 2.24. The number of nitrogens with one attached hydrogen (secondary N) is 1. The largest absolute Gasteiger partial charge is 0.357 e. The summed E-state index contributed by atoms with van der Waals surface area (Å²) in [6, 6.07) is 10.7. The first kappa shape index (κ1) is 7.77. The lowest BCUT2D eigenvalue weighted by Crippen LogP contribution is -2.21. The Morgan fingerprint density at radius 1 is 1.33 bits per heavy atom. The molecule has 1 saturated heterocycles. The van der Waals surface area contributed by atoms with Crippen LogP contribution in [0.15, 0.2) is 30.3 Å². The van der Waals surface area contributed by atoms with E-state index in [1.165, 1.54) is 5.56 Å². The Morgan fingerprint density at radius 2 is 2.08 bits per heavy atom. The number of hydrogen-bond acceptors (Lipinski definition) is 2. The van der Waals surface area contributed by atoms with Crippen LogP contribution in [0.5, 0.6) is 0 Å². The summed E-state index contributed by atoms with van der Waals surface area (Å²) >= 11 is 0. The summed E-state index contributed by atoms with van der Waals surface area (Å²) in [5, 5.41) is 3.25. The van der Waals surface area contributed by atoms with Crippen molar-refractivity contribution in [3.8, 4) is 0 Å². The van der Waals surface area contributed by atoms with Crippen molar-refractivity contribution in [2.45, 2.75) is 19.1 Å². The van der Waals surface area contributed by atoms with E-state index in [-0.39, 0.29) is 6.10 Å².